The summed E-state index contributed by atoms with van der Waals surface area (Å²) < 4.78 is 1.48. The molecule has 1 saturated carbocycles. The van der Waals surface area contributed by atoms with Crippen LogP contribution in [0.1, 0.15) is 59.3 Å². The Morgan fingerprint density at radius 3 is 2.68 bits per heavy atom. The minimum absolute atomic E-state index is 0.0970. The zero-order valence-corrected chi connectivity index (χ0v) is 17.8. The monoisotopic (exact) mass is 414 g/mol. The number of rotatable bonds is 7. The van der Waals surface area contributed by atoms with Crippen molar-refractivity contribution < 1.29 is 4.79 Å². The normalized spacial score (nSPS) is 14.1. The molecule has 2 N–H and O–H groups in total. The smallest absolute Gasteiger partial charge is 0.282 e. The lowest BCUT2D eigenvalue weighted by Crippen LogP contribution is -2.28. The molecule has 0 aliphatic heterocycles. The molecule has 6 nitrogen and oxygen atoms in total. The topological polar surface area (TPSA) is 87.8 Å². The lowest BCUT2D eigenvalue weighted by Gasteiger charge is -2.14. The van der Waals surface area contributed by atoms with E-state index in [1.807, 2.05) is 50.2 Å². The highest BCUT2D eigenvalue weighted by Crippen LogP contribution is 2.22. The number of benzene rings is 2. The van der Waals surface area contributed by atoms with Gasteiger partial charge in [0.05, 0.1) is 11.4 Å². The van der Waals surface area contributed by atoms with Crippen molar-refractivity contribution in [1.82, 2.24) is 14.9 Å². The molecule has 1 aromatic heterocycles. The fourth-order valence-corrected chi connectivity index (χ4v) is 3.62. The van der Waals surface area contributed by atoms with Gasteiger partial charge >= 0.3 is 0 Å². The maximum Gasteiger partial charge on any atom is 0.282 e. The second kappa shape index (κ2) is 8.68. The number of nitrogens with one attached hydrogen (secondary N) is 2. The van der Waals surface area contributed by atoms with Gasteiger partial charge < -0.3 is 10.7 Å². The van der Waals surface area contributed by atoms with Gasteiger partial charge in [-0.05, 0) is 55.4 Å². The van der Waals surface area contributed by atoms with Crippen LogP contribution in [-0.2, 0) is 0 Å². The maximum absolute atomic E-state index is 13.2. The van der Waals surface area contributed by atoms with E-state index in [-0.39, 0.29) is 34.8 Å². The Hall–Kier alpha value is -3.54. The van der Waals surface area contributed by atoms with Crippen LogP contribution in [0.5, 0.6) is 0 Å². The van der Waals surface area contributed by atoms with Crippen LogP contribution in [-0.4, -0.2) is 27.2 Å². The first kappa shape index (κ1) is 20.7. The van der Waals surface area contributed by atoms with Crippen molar-refractivity contribution in [2.24, 2.45) is 0 Å². The van der Waals surface area contributed by atoms with Gasteiger partial charge in [-0.1, -0.05) is 43.3 Å². The van der Waals surface area contributed by atoms with Crippen LogP contribution < -0.4 is 10.9 Å². The molecule has 4 rings (SSSR count). The molecule has 1 aliphatic carbocycles. The van der Waals surface area contributed by atoms with Crippen molar-refractivity contribution in [3.63, 3.8) is 0 Å². The van der Waals surface area contributed by atoms with E-state index in [0.29, 0.717) is 17.7 Å². The third-order valence-corrected chi connectivity index (χ3v) is 5.65. The maximum atomic E-state index is 13.2. The Bertz CT molecular complexity index is 1180. The van der Waals surface area contributed by atoms with Crippen LogP contribution in [0.4, 0.5) is 0 Å². The molecule has 2 aromatic carbocycles. The van der Waals surface area contributed by atoms with Crippen LogP contribution in [0, 0.1) is 12.3 Å². The lowest BCUT2D eigenvalue weighted by molar-refractivity contribution is 0.0951. The number of amides is 1. The van der Waals surface area contributed by atoms with Gasteiger partial charge in [0, 0.05) is 24.0 Å². The fraction of sp³-hybridized carbons (Fsp3) is 0.280. The molecule has 1 fully saturated rings. The molecule has 6 heteroatoms. The summed E-state index contributed by atoms with van der Waals surface area (Å²) >= 11 is 0. The number of aryl methyl sites for hydroxylation is 1. The number of aromatic nitrogens is 2. The van der Waals surface area contributed by atoms with E-state index in [0.717, 1.165) is 24.0 Å². The van der Waals surface area contributed by atoms with Gasteiger partial charge in [0.2, 0.25) is 0 Å². The SMILES string of the molecule is Cc1ccc(C(=O)NC2CC2)cc1-n1ccnc(C(=N)CC(C)c2ccccc2)c1=O. The molecule has 1 aliphatic rings. The lowest BCUT2D eigenvalue weighted by atomic mass is 9.94. The number of carbonyl (C=O) groups excluding carboxylic acids is 1. The van der Waals surface area contributed by atoms with E-state index in [4.69, 9.17) is 5.41 Å². The van der Waals surface area contributed by atoms with E-state index in [9.17, 15) is 9.59 Å². The molecule has 1 unspecified atom stereocenters. The van der Waals surface area contributed by atoms with Crippen LogP contribution in [0.3, 0.4) is 0 Å². The standard InChI is InChI=1S/C25H26N4O2/c1-16-8-9-19(24(30)28-20-10-11-20)15-22(16)29-13-12-27-23(25(29)31)21(26)14-17(2)18-6-4-3-5-7-18/h3-9,12-13,15,17,20,26H,10-11,14H2,1-2H3,(H,28,30). The zero-order chi connectivity index (χ0) is 22.0. The number of carbonyl (C=O) groups is 1. The van der Waals surface area contributed by atoms with Crippen molar-refractivity contribution in [3.05, 3.63) is 93.7 Å². The Kier molecular flexibility index (Phi) is 5.80. The largest absolute Gasteiger partial charge is 0.349 e. The van der Waals surface area contributed by atoms with Crippen molar-refractivity contribution in [3.8, 4) is 5.69 Å². The highest BCUT2D eigenvalue weighted by atomic mass is 16.2. The molecule has 31 heavy (non-hydrogen) atoms. The summed E-state index contributed by atoms with van der Waals surface area (Å²) in [5.41, 5.74) is 3.12. The van der Waals surface area contributed by atoms with E-state index in [1.165, 1.54) is 10.8 Å². The summed E-state index contributed by atoms with van der Waals surface area (Å²) in [5.74, 6) is -0.0322. The summed E-state index contributed by atoms with van der Waals surface area (Å²) in [4.78, 5) is 29.9. The van der Waals surface area contributed by atoms with E-state index >= 15 is 0 Å². The molecule has 0 radical (unpaired) electrons. The van der Waals surface area contributed by atoms with Gasteiger partial charge in [-0.25, -0.2) is 4.98 Å². The Labute approximate surface area is 181 Å². The van der Waals surface area contributed by atoms with Crippen LogP contribution in [0.2, 0.25) is 0 Å². The summed E-state index contributed by atoms with van der Waals surface area (Å²) in [5, 5.41) is 11.5. The highest BCUT2D eigenvalue weighted by Gasteiger charge is 2.24. The molecule has 1 heterocycles. The van der Waals surface area contributed by atoms with Gasteiger partial charge in [0.15, 0.2) is 0 Å². The predicted molar refractivity (Wildman–Crippen MR) is 121 cm³/mol. The number of hydrogen-bond donors (Lipinski definition) is 2. The second-order valence-corrected chi connectivity index (χ2v) is 8.19. The molecule has 0 spiro atoms. The van der Waals surface area contributed by atoms with Gasteiger partial charge in [-0.2, -0.15) is 0 Å². The molecule has 1 amide bonds. The summed E-state index contributed by atoms with van der Waals surface area (Å²) in [6.07, 6.45) is 5.57. The van der Waals surface area contributed by atoms with Gasteiger partial charge in [-0.3, -0.25) is 14.2 Å². The quantitative estimate of drug-likeness (QED) is 0.573. The first-order valence-electron chi connectivity index (χ1n) is 10.6. The molecular weight excluding hydrogens is 388 g/mol. The average Bonchev–Trinajstić information content (AvgIpc) is 3.59. The van der Waals surface area contributed by atoms with E-state index in [1.54, 1.807) is 18.3 Å². The molecular formula is C25H26N4O2. The molecule has 158 valence electrons. The van der Waals surface area contributed by atoms with Gasteiger partial charge in [0.25, 0.3) is 11.5 Å². The second-order valence-electron chi connectivity index (χ2n) is 8.19. The van der Waals surface area contributed by atoms with Gasteiger partial charge in [0.1, 0.15) is 5.69 Å². The Morgan fingerprint density at radius 2 is 1.97 bits per heavy atom. The molecule has 0 bridgehead atoms. The first-order chi connectivity index (χ1) is 14.9. The van der Waals surface area contributed by atoms with Crippen LogP contribution in [0.15, 0.2) is 65.7 Å². The van der Waals surface area contributed by atoms with Crippen molar-refractivity contribution >= 4 is 11.6 Å². The summed E-state index contributed by atoms with van der Waals surface area (Å²) in [6.45, 7) is 3.94. The van der Waals surface area contributed by atoms with Crippen LogP contribution in [0.25, 0.3) is 5.69 Å². The minimum Gasteiger partial charge on any atom is -0.349 e. The van der Waals surface area contributed by atoms with Gasteiger partial charge in [-0.15, -0.1) is 0 Å². The third-order valence-electron chi connectivity index (χ3n) is 5.65. The summed E-state index contributed by atoms with van der Waals surface area (Å²) in [7, 11) is 0. The van der Waals surface area contributed by atoms with E-state index < -0.39 is 0 Å². The average molecular weight is 415 g/mol. The Morgan fingerprint density at radius 1 is 1.23 bits per heavy atom. The van der Waals surface area contributed by atoms with Crippen molar-refractivity contribution in [2.75, 3.05) is 0 Å². The first-order valence-corrected chi connectivity index (χ1v) is 10.6. The molecule has 3 aromatic rings. The highest BCUT2D eigenvalue weighted by molar-refractivity contribution is 5.97. The van der Waals surface area contributed by atoms with Crippen molar-refractivity contribution in [2.45, 2.75) is 45.1 Å². The summed E-state index contributed by atoms with van der Waals surface area (Å²) in [6, 6.07) is 15.6. The Balaban J connectivity index is 1.62. The van der Waals surface area contributed by atoms with Crippen molar-refractivity contribution in [1.29, 1.82) is 5.41 Å². The van der Waals surface area contributed by atoms with E-state index in [2.05, 4.69) is 10.3 Å². The number of hydrogen-bond acceptors (Lipinski definition) is 4. The minimum atomic E-state index is -0.351. The van der Waals surface area contributed by atoms with Crippen LogP contribution >= 0.6 is 0 Å². The fourth-order valence-electron chi connectivity index (χ4n) is 3.62. The molecule has 1 atom stereocenters. The molecule has 0 saturated heterocycles. The predicted octanol–water partition coefficient (Wildman–Crippen LogP) is 3.99. The number of nitrogens with zero attached hydrogens (tertiary/aromatic N) is 2. The zero-order valence-electron chi connectivity index (χ0n) is 17.8. The third kappa shape index (κ3) is 4.63.